The minimum absolute atomic E-state index is 0.930. The molecule has 14 heavy (non-hydrogen) atoms. The van der Waals surface area contributed by atoms with E-state index in [2.05, 4.69) is 15.0 Å². The Kier molecular flexibility index (Phi) is 2.57. The third-order valence-electron chi connectivity index (χ3n) is 1.42. The molecule has 0 amide bonds. The Morgan fingerprint density at radius 1 is 1.21 bits per heavy atom. The maximum atomic E-state index is 11.8. The molecule has 1 aliphatic heterocycles. The molecule has 0 spiro atoms. The molecular formula is C7H11F3N2O2. The second-order valence-corrected chi connectivity index (χ2v) is 3.55. The molecule has 1 rings (SSSR count). The molecule has 1 heterocycles. The topological polar surface area (TPSA) is 43.2 Å². The van der Waals surface area contributed by atoms with E-state index < -0.39 is 24.4 Å². The Hall–Kier alpha value is -0.690. The predicted molar refractivity (Wildman–Crippen MR) is 40.4 cm³/mol. The van der Waals surface area contributed by atoms with Gasteiger partial charge in [-0.3, -0.25) is 0 Å². The van der Waals surface area contributed by atoms with Gasteiger partial charge in [0.15, 0.2) is 5.72 Å². The summed E-state index contributed by atoms with van der Waals surface area (Å²) in [6.45, 7) is 3.05. The first kappa shape index (κ1) is 11.4. The van der Waals surface area contributed by atoms with Crippen LogP contribution < -0.4 is 0 Å². The molecule has 0 saturated carbocycles. The van der Waals surface area contributed by atoms with E-state index in [1.165, 1.54) is 6.92 Å². The van der Waals surface area contributed by atoms with Crippen LogP contribution in [0.2, 0.25) is 0 Å². The summed E-state index contributed by atoms with van der Waals surface area (Å²) >= 11 is 0. The van der Waals surface area contributed by atoms with Crippen molar-refractivity contribution in [2.45, 2.75) is 38.6 Å². The van der Waals surface area contributed by atoms with E-state index in [0.717, 1.165) is 0 Å². The van der Waals surface area contributed by atoms with Crippen molar-refractivity contribution in [2.24, 2.45) is 10.2 Å². The first-order valence-corrected chi connectivity index (χ1v) is 3.97. The van der Waals surface area contributed by atoms with Crippen molar-refractivity contribution in [1.29, 1.82) is 0 Å². The van der Waals surface area contributed by atoms with E-state index in [4.69, 9.17) is 4.74 Å². The van der Waals surface area contributed by atoms with Gasteiger partial charge in [0.25, 0.3) is 5.91 Å². The predicted octanol–water partition coefficient (Wildman–Crippen LogP) is 2.46. The molecule has 0 saturated heterocycles. The highest BCUT2D eigenvalue weighted by atomic mass is 19.4. The number of ether oxygens (including phenoxy) is 2. The molecule has 1 atom stereocenters. The van der Waals surface area contributed by atoms with Gasteiger partial charge >= 0.3 is 6.18 Å². The fourth-order valence-electron chi connectivity index (χ4n) is 0.990. The van der Waals surface area contributed by atoms with Crippen molar-refractivity contribution in [3.8, 4) is 0 Å². The molecule has 1 unspecified atom stereocenters. The number of hydrogen-bond acceptors (Lipinski definition) is 4. The van der Waals surface area contributed by atoms with Gasteiger partial charge in [-0.1, -0.05) is 0 Å². The highest BCUT2D eigenvalue weighted by Crippen LogP contribution is 2.33. The Bertz CT molecular complexity index is 252. The minimum Gasteiger partial charge on any atom is -0.321 e. The maximum absolute atomic E-state index is 11.8. The maximum Gasteiger partial charge on any atom is 0.411 e. The van der Waals surface area contributed by atoms with Gasteiger partial charge in [0.1, 0.15) is 6.61 Å². The Morgan fingerprint density at radius 3 is 2.14 bits per heavy atom. The van der Waals surface area contributed by atoms with Crippen LogP contribution in [0.5, 0.6) is 0 Å². The van der Waals surface area contributed by atoms with Gasteiger partial charge in [-0.15, -0.1) is 5.11 Å². The number of nitrogens with zero attached hydrogens (tertiary/aromatic N) is 2. The highest BCUT2D eigenvalue weighted by molar-refractivity contribution is 4.75. The summed E-state index contributed by atoms with van der Waals surface area (Å²) in [5.41, 5.74) is -0.930. The third-order valence-corrected chi connectivity index (χ3v) is 1.42. The third kappa shape index (κ3) is 3.22. The van der Waals surface area contributed by atoms with Crippen molar-refractivity contribution < 1.29 is 22.6 Å². The van der Waals surface area contributed by atoms with Crippen LogP contribution in [-0.2, 0) is 9.47 Å². The molecule has 0 aliphatic carbocycles. The number of halogens is 3. The fourth-order valence-corrected chi connectivity index (χ4v) is 0.990. The number of hydrogen-bond donors (Lipinski definition) is 0. The number of alkyl halides is 3. The average molecular weight is 212 g/mol. The molecule has 0 bridgehead atoms. The van der Waals surface area contributed by atoms with Gasteiger partial charge in [0.2, 0.25) is 0 Å². The summed E-state index contributed by atoms with van der Waals surface area (Å²) in [4.78, 5) is 0. The smallest absolute Gasteiger partial charge is 0.321 e. The summed E-state index contributed by atoms with van der Waals surface area (Å²) in [7, 11) is 0. The Labute approximate surface area is 79.1 Å². The zero-order chi connectivity index (χ0) is 11.0. The molecule has 82 valence electrons. The van der Waals surface area contributed by atoms with Crippen LogP contribution in [0.15, 0.2) is 10.2 Å². The molecule has 1 aliphatic rings. The summed E-state index contributed by atoms with van der Waals surface area (Å²) in [5, 5.41) is 7.14. The summed E-state index contributed by atoms with van der Waals surface area (Å²) < 4.78 is 45.0. The Balaban J connectivity index is 2.51. The minimum atomic E-state index is -4.39. The fraction of sp³-hybridized carbons (Fsp3) is 1.00. The second kappa shape index (κ2) is 3.16. The van der Waals surface area contributed by atoms with E-state index in [9.17, 15) is 13.2 Å². The van der Waals surface area contributed by atoms with Crippen molar-refractivity contribution in [3.05, 3.63) is 0 Å². The van der Waals surface area contributed by atoms with Crippen LogP contribution in [0.25, 0.3) is 0 Å². The lowest BCUT2D eigenvalue weighted by molar-refractivity contribution is -0.283. The van der Waals surface area contributed by atoms with Crippen LogP contribution in [0.4, 0.5) is 13.2 Å². The first-order chi connectivity index (χ1) is 6.12. The molecule has 0 fully saturated rings. The first-order valence-electron chi connectivity index (χ1n) is 3.97. The van der Waals surface area contributed by atoms with Gasteiger partial charge < -0.3 is 9.47 Å². The van der Waals surface area contributed by atoms with E-state index >= 15 is 0 Å². The normalized spacial score (nSPS) is 31.0. The lowest BCUT2D eigenvalue weighted by Gasteiger charge is -2.24. The molecular weight excluding hydrogens is 201 g/mol. The van der Waals surface area contributed by atoms with Gasteiger partial charge in [-0.25, -0.2) is 0 Å². The summed E-state index contributed by atoms with van der Waals surface area (Å²) in [6, 6.07) is 0. The van der Waals surface area contributed by atoms with E-state index in [0.29, 0.717) is 0 Å². The van der Waals surface area contributed by atoms with Crippen molar-refractivity contribution >= 4 is 0 Å². The largest absolute Gasteiger partial charge is 0.411 e. The molecule has 0 aromatic rings. The lowest BCUT2D eigenvalue weighted by Crippen LogP contribution is -2.36. The quantitative estimate of drug-likeness (QED) is 0.705. The van der Waals surface area contributed by atoms with Crippen LogP contribution in [0, 0.1) is 0 Å². The standard InChI is InChI=1S/C7H11F3N2O2/c1-5(2)11-12-6(3,14-5)13-4-7(8,9)10/h4H2,1-3H3. The van der Waals surface area contributed by atoms with E-state index in [-0.39, 0.29) is 0 Å². The van der Waals surface area contributed by atoms with Gasteiger partial charge in [-0.2, -0.15) is 18.3 Å². The van der Waals surface area contributed by atoms with Crippen LogP contribution in [0.1, 0.15) is 20.8 Å². The highest BCUT2D eigenvalue weighted by Gasteiger charge is 2.43. The van der Waals surface area contributed by atoms with Crippen molar-refractivity contribution in [3.63, 3.8) is 0 Å². The molecule has 7 heteroatoms. The molecule has 0 aromatic carbocycles. The molecule has 0 N–H and O–H groups in total. The average Bonchev–Trinajstić information content (AvgIpc) is 2.22. The SMILES string of the molecule is CC1(C)N=NC(C)(OCC(F)(F)F)O1. The zero-order valence-electron chi connectivity index (χ0n) is 8.05. The molecule has 0 radical (unpaired) electrons. The number of rotatable bonds is 2. The van der Waals surface area contributed by atoms with Crippen molar-refractivity contribution in [1.82, 2.24) is 0 Å². The van der Waals surface area contributed by atoms with Crippen LogP contribution >= 0.6 is 0 Å². The van der Waals surface area contributed by atoms with E-state index in [1.807, 2.05) is 0 Å². The second-order valence-electron chi connectivity index (χ2n) is 3.55. The van der Waals surface area contributed by atoms with Crippen LogP contribution in [0.3, 0.4) is 0 Å². The Morgan fingerprint density at radius 2 is 1.79 bits per heavy atom. The number of azo groups is 1. The summed E-state index contributed by atoms with van der Waals surface area (Å²) in [6.07, 6.45) is -4.39. The molecule has 0 aromatic heterocycles. The van der Waals surface area contributed by atoms with Crippen molar-refractivity contribution in [2.75, 3.05) is 6.61 Å². The zero-order valence-corrected chi connectivity index (χ0v) is 8.05. The van der Waals surface area contributed by atoms with Gasteiger partial charge in [-0.05, 0) is 13.8 Å². The van der Waals surface area contributed by atoms with Crippen LogP contribution in [-0.4, -0.2) is 24.4 Å². The molecule has 4 nitrogen and oxygen atoms in total. The summed E-state index contributed by atoms with van der Waals surface area (Å²) in [5.74, 6) is -1.63. The van der Waals surface area contributed by atoms with E-state index in [1.54, 1.807) is 13.8 Å². The lowest BCUT2D eigenvalue weighted by atomic mass is 10.3. The van der Waals surface area contributed by atoms with Gasteiger partial charge in [0, 0.05) is 6.92 Å². The van der Waals surface area contributed by atoms with Gasteiger partial charge in [0.05, 0.1) is 0 Å². The monoisotopic (exact) mass is 212 g/mol.